The molecule has 3 rings (SSSR count). The van der Waals surface area contributed by atoms with E-state index >= 15 is 0 Å². The van der Waals surface area contributed by atoms with E-state index in [2.05, 4.69) is 20.4 Å². The normalized spacial score (nSPS) is 11.0. The summed E-state index contributed by atoms with van der Waals surface area (Å²) < 4.78 is 24.9. The van der Waals surface area contributed by atoms with Crippen LogP contribution in [0.2, 0.25) is 5.02 Å². The van der Waals surface area contributed by atoms with Crippen molar-refractivity contribution in [2.75, 3.05) is 25.2 Å². The molecule has 0 bridgehead atoms. The molecule has 0 radical (unpaired) electrons. The number of fused-ring (bicyclic) bond motifs is 1. The summed E-state index contributed by atoms with van der Waals surface area (Å²) >= 11 is 6.23. The fourth-order valence-electron chi connectivity index (χ4n) is 2.28. The van der Waals surface area contributed by atoms with Crippen molar-refractivity contribution in [3.05, 3.63) is 29.2 Å². The first-order valence-electron chi connectivity index (χ1n) is 7.04. The molecule has 0 aliphatic rings. The van der Waals surface area contributed by atoms with E-state index in [0.29, 0.717) is 38.9 Å². The Morgan fingerprint density at radius 2 is 2.20 bits per heavy atom. The molecular weight excluding hydrogens is 371 g/mol. The fraction of sp³-hybridized carbons (Fsp3) is 0.214. The van der Waals surface area contributed by atoms with E-state index in [1.807, 2.05) is 0 Å². The Balaban J connectivity index is 2.01. The molecule has 0 saturated carbocycles. The lowest BCUT2D eigenvalue weighted by molar-refractivity contribution is 0.182. The number of aromatic nitrogens is 4. The monoisotopic (exact) mass is 384 g/mol. The van der Waals surface area contributed by atoms with E-state index in [4.69, 9.17) is 26.8 Å². The summed E-state index contributed by atoms with van der Waals surface area (Å²) in [5.41, 5.74) is 7.12. The second kappa shape index (κ2) is 7.30. The zero-order chi connectivity index (χ0) is 18.0. The van der Waals surface area contributed by atoms with Gasteiger partial charge in [0, 0.05) is 19.5 Å². The maximum Gasteiger partial charge on any atom is 0.189 e. The van der Waals surface area contributed by atoms with Gasteiger partial charge in [-0.25, -0.2) is 9.97 Å². The molecule has 132 valence electrons. The van der Waals surface area contributed by atoms with Crippen molar-refractivity contribution in [1.29, 1.82) is 0 Å². The number of halogens is 2. The van der Waals surface area contributed by atoms with Gasteiger partial charge in [0.1, 0.15) is 16.6 Å². The fourth-order valence-corrected chi connectivity index (χ4v) is 2.90. The first-order valence-corrected chi connectivity index (χ1v) is 8.09. The van der Waals surface area contributed by atoms with Crippen molar-refractivity contribution in [2.24, 2.45) is 0 Å². The maximum atomic E-state index is 13.0. The largest absolute Gasteiger partial charge is 0.452 e. The maximum absolute atomic E-state index is 13.0. The molecule has 0 aliphatic heterocycles. The molecule has 3 aromatic rings. The van der Waals surface area contributed by atoms with Crippen LogP contribution in [0.15, 0.2) is 18.5 Å². The Morgan fingerprint density at radius 1 is 1.40 bits per heavy atom. The molecule has 3 heterocycles. The first-order chi connectivity index (χ1) is 12.1. The highest BCUT2D eigenvalue weighted by Crippen LogP contribution is 2.37. The number of pyridine rings is 2. The Hall–Kier alpha value is -2.30. The highest BCUT2D eigenvalue weighted by Gasteiger charge is 2.16. The molecule has 3 N–H and O–H groups in total. The molecule has 11 heteroatoms. The molecule has 0 fully saturated rings. The summed E-state index contributed by atoms with van der Waals surface area (Å²) in [4.78, 5) is 8.23. The van der Waals surface area contributed by atoms with Crippen LogP contribution in [0.3, 0.4) is 0 Å². The molecule has 0 amide bonds. The number of rotatable bonds is 6. The first kappa shape index (κ1) is 17.5. The number of nitrogens with two attached hydrogens (primary N) is 1. The van der Waals surface area contributed by atoms with E-state index < -0.39 is 0 Å². The van der Waals surface area contributed by atoms with Crippen molar-refractivity contribution in [3.8, 4) is 11.5 Å². The van der Waals surface area contributed by atoms with Gasteiger partial charge in [-0.3, -0.25) is 0 Å². The quantitative estimate of drug-likeness (QED) is 0.666. The number of hydrogen-bond donors (Lipinski definition) is 2. The van der Waals surface area contributed by atoms with Gasteiger partial charge < -0.3 is 20.5 Å². The standard InChI is InChI=1S/C14H14ClFN6O2S/c1-18-12-11(15)10(5-19-13(12)17)24-7-3-8-9(6-23-2)21-22(25-16)14(8)20-4-7/h3-5,18H,6H2,1-2H3,(H2,17,19). The van der Waals surface area contributed by atoms with Gasteiger partial charge in [-0.1, -0.05) is 11.6 Å². The van der Waals surface area contributed by atoms with Crippen LogP contribution in [0, 0.1) is 0 Å². The molecule has 0 aliphatic carbocycles. The van der Waals surface area contributed by atoms with Crippen LogP contribution in [0.5, 0.6) is 11.5 Å². The second-order valence-electron chi connectivity index (χ2n) is 4.91. The number of ether oxygens (including phenoxy) is 2. The SMILES string of the molecule is CNc1c(N)ncc(Oc2cnc3c(c2)c(COC)nn3SF)c1Cl. The third-order valence-corrected chi connectivity index (χ3v) is 4.14. The van der Waals surface area contributed by atoms with Crippen LogP contribution in [0.25, 0.3) is 11.0 Å². The lowest BCUT2D eigenvalue weighted by Gasteiger charge is -2.12. The molecule has 8 nitrogen and oxygen atoms in total. The zero-order valence-corrected chi connectivity index (χ0v) is 14.9. The smallest absolute Gasteiger partial charge is 0.189 e. The summed E-state index contributed by atoms with van der Waals surface area (Å²) in [5, 5.41) is 7.87. The van der Waals surface area contributed by atoms with Crippen LogP contribution >= 0.6 is 23.9 Å². The number of nitrogens with one attached hydrogen (secondary N) is 1. The highest BCUT2D eigenvalue weighted by molar-refractivity contribution is 7.92. The topological polar surface area (TPSA) is 100 Å². The lowest BCUT2D eigenvalue weighted by Crippen LogP contribution is -2.00. The van der Waals surface area contributed by atoms with Gasteiger partial charge in [-0.15, -0.1) is 3.89 Å². The molecule has 25 heavy (non-hydrogen) atoms. The molecule has 0 atom stereocenters. The third-order valence-electron chi connectivity index (χ3n) is 3.38. The van der Waals surface area contributed by atoms with Gasteiger partial charge in [0.25, 0.3) is 0 Å². The molecule has 0 saturated heterocycles. The van der Waals surface area contributed by atoms with Gasteiger partial charge >= 0.3 is 0 Å². The molecule has 0 unspecified atom stereocenters. The van der Waals surface area contributed by atoms with Crippen molar-refractivity contribution in [2.45, 2.75) is 6.61 Å². The summed E-state index contributed by atoms with van der Waals surface area (Å²) in [7, 11) is 3.21. The van der Waals surface area contributed by atoms with Gasteiger partial charge in [-0.05, 0) is 6.07 Å². The van der Waals surface area contributed by atoms with E-state index in [-0.39, 0.29) is 24.8 Å². The van der Waals surface area contributed by atoms with Crippen LogP contribution < -0.4 is 15.8 Å². The van der Waals surface area contributed by atoms with Crippen LogP contribution in [-0.4, -0.2) is 33.3 Å². The van der Waals surface area contributed by atoms with E-state index in [9.17, 15) is 3.89 Å². The molecular formula is C14H14ClFN6O2S. The minimum absolute atomic E-state index is 0.0428. The van der Waals surface area contributed by atoms with E-state index in [1.54, 1.807) is 13.1 Å². The Morgan fingerprint density at radius 3 is 2.88 bits per heavy atom. The Labute approximate surface area is 151 Å². The number of nitrogens with zero attached hydrogens (tertiary/aromatic N) is 4. The molecule has 0 spiro atoms. The van der Waals surface area contributed by atoms with E-state index in [1.165, 1.54) is 19.5 Å². The second-order valence-corrected chi connectivity index (χ2v) is 5.77. The predicted molar refractivity (Wildman–Crippen MR) is 95.6 cm³/mol. The number of nitrogen functional groups attached to an aromatic ring is 1. The number of anilines is 2. The van der Waals surface area contributed by atoms with E-state index in [0.717, 1.165) is 4.09 Å². The summed E-state index contributed by atoms with van der Waals surface area (Å²) in [5.74, 6) is 0.961. The van der Waals surface area contributed by atoms with Gasteiger partial charge in [0.2, 0.25) is 0 Å². The lowest BCUT2D eigenvalue weighted by atomic mass is 10.2. The highest BCUT2D eigenvalue weighted by atomic mass is 35.5. The van der Waals surface area contributed by atoms with Crippen molar-refractivity contribution >= 4 is 46.5 Å². The third kappa shape index (κ3) is 3.28. The summed E-state index contributed by atoms with van der Waals surface area (Å²) in [6, 6.07) is 1.68. The molecule has 0 aromatic carbocycles. The minimum atomic E-state index is -0.0428. The van der Waals surface area contributed by atoms with Crippen molar-refractivity contribution in [3.63, 3.8) is 0 Å². The van der Waals surface area contributed by atoms with Gasteiger partial charge in [-0.2, -0.15) is 9.19 Å². The number of hydrogen-bond acceptors (Lipinski definition) is 8. The van der Waals surface area contributed by atoms with Crippen molar-refractivity contribution in [1.82, 2.24) is 19.2 Å². The average molecular weight is 385 g/mol. The number of methoxy groups -OCH3 is 1. The predicted octanol–water partition coefficient (Wildman–Crippen LogP) is 3.42. The van der Waals surface area contributed by atoms with Crippen LogP contribution in [0.1, 0.15) is 5.69 Å². The van der Waals surface area contributed by atoms with Crippen LogP contribution in [-0.2, 0) is 11.3 Å². The summed E-state index contributed by atoms with van der Waals surface area (Å²) in [6.45, 7) is 0.212. The average Bonchev–Trinajstić information content (AvgIpc) is 2.96. The van der Waals surface area contributed by atoms with Gasteiger partial charge in [0.05, 0.1) is 30.4 Å². The molecule has 3 aromatic heterocycles. The Kier molecular flexibility index (Phi) is 5.11. The summed E-state index contributed by atoms with van der Waals surface area (Å²) in [6.07, 6.45) is 2.86. The van der Waals surface area contributed by atoms with Gasteiger partial charge in [0.15, 0.2) is 23.7 Å². The Bertz CT molecular complexity index is 922. The van der Waals surface area contributed by atoms with Crippen molar-refractivity contribution < 1.29 is 13.4 Å². The van der Waals surface area contributed by atoms with Crippen LogP contribution in [0.4, 0.5) is 15.4 Å². The minimum Gasteiger partial charge on any atom is -0.452 e. The zero-order valence-electron chi connectivity index (χ0n) is 13.3.